The summed E-state index contributed by atoms with van der Waals surface area (Å²) in [5.74, 6) is 0.155. The summed E-state index contributed by atoms with van der Waals surface area (Å²) in [5.41, 5.74) is 6.52. The van der Waals surface area contributed by atoms with E-state index in [-0.39, 0.29) is 11.9 Å². The van der Waals surface area contributed by atoms with Gasteiger partial charge in [0.25, 0.3) is 0 Å². The highest BCUT2D eigenvalue weighted by molar-refractivity contribution is 9.10. The van der Waals surface area contributed by atoms with Gasteiger partial charge in [-0.25, -0.2) is 0 Å². The summed E-state index contributed by atoms with van der Waals surface area (Å²) in [6, 6.07) is 11.7. The van der Waals surface area contributed by atoms with Crippen molar-refractivity contribution >= 4 is 38.2 Å². The Bertz CT molecular complexity index is 598. The van der Waals surface area contributed by atoms with E-state index < -0.39 is 0 Å². The molecule has 0 spiro atoms. The largest absolute Gasteiger partial charge is 0.409 e. The first-order chi connectivity index (χ1) is 8.63. The first-order valence-corrected chi connectivity index (χ1v) is 6.34. The maximum Gasteiger partial charge on any atom is 0.161 e. The van der Waals surface area contributed by atoms with Crippen molar-refractivity contribution in [1.29, 1.82) is 0 Å². The average Bonchev–Trinajstić information content (AvgIpc) is 2.41. The number of nitrogens with zero attached hydrogens (tertiary/aromatic N) is 1. The first-order valence-electron chi connectivity index (χ1n) is 5.54. The van der Waals surface area contributed by atoms with Crippen molar-refractivity contribution in [1.82, 2.24) is 0 Å². The minimum atomic E-state index is -0.236. The van der Waals surface area contributed by atoms with Gasteiger partial charge in [-0.15, -0.1) is 0 Å². The van der Waals surface area contributed by atoms with Crippen LogP contribution in [0.4, 0.5) is 5.69 Å². The van der Waals surface area contributed by atoms with Crippen molar-refractivity contribution in [2.45, 2.75) is 13.0 Å². The maximum atomic E-state index is 8.66. The van der Waals surface area contributed by atoms with Gasteiger partial charge in [-0.3, -0.25) is 0 Å². The fourth-order valence-electron chi connectivity index (χ4n) is 1.78. The van der Waals surface area contributed by atoms with Crippen LogP contribution in [0, 0.1) is 0 Å². The van der Waals surface area contributed by atoms with Gasteiger partial charge in [0.05, 0.1) is 6.04 Å². The van der Waals surface area contributed by atoms with Gasteiger partial charge in [-0.2, -0.15) is 0 Å². The second-order valence-electron chi connectivity index (χ2n) is 4.03. The zero-order chi connectivity index (χ0) is 13.1. The molecule has 0 heterocycles. The molecule has 0 saturated carbocycles. The van der Waals surface area contributed by atoms with Gasteiger partial charge in [0.2, 0.25) is 0 Å². The highest BCUT2D eigenvalue weighted by Gasteiger charge is 2.10. The Morgan fingerprint density at radius 1 is 1.28 bits per heavy atom. The van der Waals surface area contributed by atoms with E-state index in [2.05, 4.69) is 26.4 Å². The van der Waals surface area contributed by atoms with Crippen LogP contribution in [0.2, 0.25) is 0 Å². The van der Waals surface area contributed by atoms with Gasteiger partial charge in [0.1, 0.15) is 0 Å². The maximum absolute atomic E-state index is 8.66. The summed E-state index contributed by atoms with van der Waals surface area (Å²) in [7, 11) is 0. The minimum absolute atomic E-state index is 0.155. The number of hydrogen-bond donors (Lipinski definition) is 3. The molecule has 2 aromatic rings. The number of benzene rings is 2. The SMILES string of the molecule is CC(Nc1ccc(Br)c2ccccc12)/C(N)=N/O. The molecule has 5 heteroatoms. The van der Waals surface area contributed by atoms with Gasteiger partial charge in [0.15, 0.2) is 5.84 Å². The molecule has 0 fully saturated rings. The summed E-state index contributed by atoms with van der Waals surface area (Å²) in [5, 5.41) is 17.1. The van der Waals surface area contributed by atoms with Crippen LogP contribution in [-0.4, -0.2) is 17.1 Å². The number of rotatable bonds is 3. The van der Waals surface area contributed by atoms with Crippen molar-refractivity contribution in [2.75, 3.05) is 5.32 Å². The highest BCUT2D eigenvalue weighted by Crippen LogP contribution is 2.30. The van der Waals surface area contributed by atoms with Crippen LogP contribution in [-0.2, 0) is 0 Å². The molecular weight excluding hydrogens is 294 g/mol. The summed E-state index contributed by atoms with van der Waals surface area (Å²) >= 11 is 3.52. The van der Waals surface area contributed by atoms with Gasteiger partial charge < -0.3 is 16.3 Å². The average molecular weight is 308 g/mol. The topological polar surface area (TPSA) is 70.6 Å². The Labute approximate surface area is 114 Å². The molecule has 0 aliphatic heterocycles. The summed E-state index contributed by atoms with van der Waals surface area (Å²) in [6.07, 6.45) is 0. The molecule has 94 valence electrons. The zero-order valence-electron chi connectivity index (χ0n) is 9.89. The van der Waals surface area contributed by atoms with E-state index in [1.54, 1.807) is 0 Å². The lowest BCUT2D eigenvalue weighted by molar-refractivity contribution is 0.316. The normalized spacial score (nSPS) is 13.6. The third kappa shape index (κ3) is 2.41. The van der Waals surface area contributed by atoms with Crippen molar-refractivity contribution in [3.63, 3.8) is 0 Å². The summed E-state index contributed by atoms with van der Waals surface area (Å²) < 4.78 is 1.04. The molecule has 0 aromatic heterocycles. The predicted octanol–water partition coefficient (Wildman–Crippen LogP) is 3.15. The van der Waals surface area contributed by atoms with E-state index in [1.807, 2.05) is 43.3 Å². The molecule has 1 atom stereocenters. The number of nitrogens with two attached hydrogens (primary N) is 1. The van der Waals surface area contributed by atoms with Crippen LogP contribution in [0.15, 0.2) is 46.0 Å². The van der Waals surface area contributed by atoms with Crippen LogP contribution in [0.25, 0.3) is 10.8 Å². The van der Waals surface area contributed by atoms with Crippen molar-refractivity contribution < 1.29 is 5.21 Å². The highest BCUT2D eigenvalue weighted by atomic mass is 79.9. The van der Waals surface area contributed by atoms with Gasteiger partial charge in [-0.1, -0.05) is 45.4 Å². The molecule has 0 radical (unpaired) electrons. The molecule has 0 aliphatic rings. The quantitative estimate of drug-likeness (QED) is 0.353. The van der Waals surface area contributed by atoms with Gasteiger partial charge in [0, 0.05) is 15.5 Å². The van der Waals surface area contributed by atoms with Crippen LogP contribution < -0.4 is 11.1 Å². The number of amidine groups is 1. The van der Waals surface area contributed by atoms with Gasteiger partial charge >= 0.3 is 0 Å². The lowest BCUT2D eigenvalue weighted by atomic mass is 10.1. The zero-order valence-corrected chi connectivity index (χ0v) is 11.5. The smallest absolute Gasteiger partial charge is 0.161 e. The van der Waals surface area contributed by atoms with E-state index in [1.165, 1.54) is 0 Å². The molecule has 1 unspecified atom stereocenters. The molecule has 2 rings (SSSR count). The third-order valence-corrected chi connectivity index (χ3v) is 3.49. The number of hydrogen-bond acceptors (Lipinski definition) is 3. The van der Waals surface area contributed by atoms with E-state index in [9.17, 15) is 0 Å². The van der Waals surface area contributed by atoms with E-state index in [4.69, 9.17) is 10.9 Å². The minimum Gasteiger partial charge on any atom is -0.409 e. The van der Waals surface area contributed by atoms with Gasteiger partial charge in [-0.05, 0) is 24.4 Å². The Balaban J connectivity index is 2.43. The molecule has 0 saturated heterocycles. The first kappa shape index (κ1) is 12.7. The van der Waals surface area contributed by atoms with E-state index in [0.29, 0.717) is 0 Å². The Morgan fingerprint density at radius 2 is 1.94 bits per heavy atom. The molecule has 0 aliphatic carbocycles. The summed E-state index contributed by atoms with van der Waals surface area (Å²) in [6.45, 7) is 1.84. The standard InChI is InChI=1S/C13H14BrN3O/c1-8(13(15)17-18)16-12-7-6-11(14)9-4-2-3-5-10(9)12/h2-8,16,18H,1H3,(H2,15,17). The fourth-order valence-corrected chi connectivity index (χ4v) is 2.26. The number of halogens is 1. The molecule has 4 nitrogen and oxygen atoms in total. The van der Waals surface area contributed by atoms with Crippen molar-refractivity contribution in [3.8, 4) is 0 Å². The van der Waals surface area contributed by atoms with Crippen LogP contribution in [0.5, 0.6) is 0 Å². The Kier molecular flexibility index (Phi) is 3.72. The van der Waals surface area contributed by atoms with Crippen molar-refractivity contribution in [2.24, 2.45) is 10.9 Å². The summed E-state index contributed by atoms with van der Waals surface area (Å²) in [4.78, 5) is 0. The Morgan fingerprint density at radius 3 is 2.61 bits per heavy atom. The number of nitrogens with one attached hydrogen (secondary N) is 1. The molecule has 0 amide bonds. The van der Waals surface area contributed by atoms with E-state index >= 15 is 0 Å². The predicted molar refractivity (Wildman–Crippen MR) is 78.1 cm³/mol. The molecular formula is C13H14BrN3O. The second-order valence-corrected chi connectivity index (χ2v) is 4.89. The molecule has 4 N–H and O–H groups in total. The van der Waals surface area contributed by atoms with Crippen LogP contribution >= 0.6 is 15.9 Å². The Hall–Kier alpha value is -1.75. The lowest BCUT2D eigenvalue weighted by Gasteiger charge is -2.16. The number of oxime groups is 1. The molecule has 2 aromatic carbocycles. The second kappa shape index (κ2) is 5.27. The fraction of sp³-hybridized carbons (Fsp3) is 0.154. The van der Waals surface area contributed by atoms with Crippen LogP contribution in [0.1, 0.15) is 6.92 Å². The molecule has 18 heavy (non-hydrogen) atoms. The van der Waals surface area contributed by atoms with Crippen LogP contribution in [0.3, 0.4) is 0 Å². The third-order valence-electron chi connectivity index (χ3n) is 2.80. The number of anilines is 1. The number of fused-ring (bicyclic) bond motifs is 1. The van der Waals surface area contributed by atoms with E-state index in [0.717, 1.165) is 20.9 Å². The molecule has 0 bridgehead atoms. The van der Waals surface area contributed by atoms with Crippen molar-refractivity contribution in [3.05, 3.63) is 40.9 Å². The monoisotopic (exact) mass is 307 g/mol. The lowest BCUT2D eigenvalue weighted by Crippen LogP contribution is -2.32.